The van der Waals surface area contributed by atoms with E-state index in [1.165, 1.54) is 64.2 Å². The molecule has 0 aromatic rings. The number of phosphoric ester groups is 1. The maximum absolute atomic E-state index is 12.6. The van der Waals surface area contributed by atoms with Crippen molar-refractivity contribution in [2.75, 3.05) is 47.5 Å². The van der Waals surface area contributed by atoms with Crippen molar-refractivity contribution in [2.45, 2.75) is 161 Å². The number of carbonyl (C=O) groups is 2. The molecule has 57 heavy (non-hydrogen) atoms. The summed E-state index contributed by atoms with van der Waals surface area (Å²) in [5.41, 5.74) is 0. The highest BCUT2D eigenvalue weighted by molar-refractivity contribution is 7.45. The molecule has 1 N–H and O–H groups in total. The molecule has 11 heteroatoms. The van der Waals surface area contributed by atoms with Crippen LogP contribution >= 0.6 is 7.82 Å². The first-order chi connectivity index (χ1) is 27.4. The van der Waals surface area contributed by atoms with Gasteiger partial charge in [-0.2, -0.15) is 0 Å². The van der Waals surface area contributed by atoms with Crippen LogP contribution in [0.2, 0.25) is 0 Å². The highest BCUT2D eigenvalue weighted by atomic mass is 31.2. The number of quaternary nitrogens is 1. The number of allylic oxidation sites excluding steroid dienone is 10. The highest BCUT2D eigenvalue weighted by Crippen LogP contribution is 2.38. The molecule has 328 valence electrons. The number of rotatable bonds is 38. The minimum Gasteiger partial charge on any atom is -0.756 e. The number of aliphatic hydroxyl groups is 1. The highest BCUT2D eigenvalue weighted by Gasteiger charge is 2.21. The summed E-state index contributed by atoms with van der Waals surface area (Å²) < 4.78 is 33.7. The molecule has 0 aliphatic carbocycles. The van der Waals surface area contributed by atoms with Crippen molar-refractivity contribution in [3.8, 4) is 0 Å². The third-order valence-corrected chi connectivity index (χ3v) is 9.80. The Balaban J connectivity index is 4.55. The Morgan fingerprint density at radius 3 is 1.81 bits per heavy atom. The number of hydrogen-bond donors (Lipinski definition) is 1. The maximum atomic E-state index is 12.6. The van der Waals surface area contributed by atoms with Crippen LogP contribution in [0.4, 0.5) is 0 Å². The van der Waals surface area contributed by atoms with E-state index < -0.39 is 38.6 Å². The Morgan fingerprint density at radius 1 is 0.667 bits per heavy atom. The van der Waals surface area contributed by atoms with Crippen molar-refractivity contribution in [3.05, 3.63) is 72.9 Å². The molecule has 0 aliphatic heterocycles. The fourth-order valence-electron chi connectivity index (χ4n) is 5.41. The number of esters is 2. The zero-order valence-corrected chi connectivity index (χ0v) is 37.3. The monoisotopic (exact) mass is 822 g/mol. The molecule has 0 aromatic carbocycles. The summed E-state index contributed by atoms with van der Waals surface area (Å²) in [5.74, 6) is -0.958. The second-order valence-electron chi connectivity index (χ2n) is 15.5. The van der Waals surface area contributed by atoms with Crippen molar-refractivity contribution in [1.29, 1.82) is 0 Å². The maximum Gasteiger partial charge on any atom is 0.306 e. The summed E-state index contributed by atoms with van der Waals surface area (Å²) in [5, 5.41) is 9.84. The normalized spacial score (nSPS) is 14.9. The molecule has 0 aromatic heterocycles. The van der Waals surface area contributed by atoms with Crippen molar-refractivity contribution in [3.63, 3.8) is 0 Å². The van der Waals surface area contributed by atoms with Gasteiger partial charge < -0.3 is 33.0 Å². The summed E-state index contributed by atoms with van der Waals surface area (Å²) >= 11 is 0. The van der Waals surface area contributed by atoms with Crippen LogP contribution in [0, 0.1) is 0 Å². The van der Waals surface area contributed by atoms with E-state index in [4.69, 9.17) is 18.5 Å². The van der Waals surface area contributed by atoms with E-state index in [2.05, 4.69) is 38.2 Å². The minimum absolute atomic E-state index is 0.0539. The van der Waals surface area contributed by atoms with Crippen LogP contribution in [0.15, 0.2) is 72.9 Å². The number of carbonyl (C=O) groups excluding carboxylic acids is 2. The van der Waals surface area contributed by atoms with E-state index in [9.17, 15) is 24.2 Å². The van der Waals surface area contributed by atoms with E-state index in [1.54, 1.807) is 6.08 Å². The Labute approximate surface area is 347 Å². The lowest BCUT2D eigenvalue weighted by Gasteiger charge is -2.28. The largest absolute Gasteiger partial charge is 0.756 e. The Bertz CT molecular complexity index is 1220. The minimum atomic E-state index is -4.65. The van der Waals surface area contributed by atoms with E-state index in [0.29, 0.717) is 30.3 Å². The van der Waals surface area contributed by atoms with Gasteiger partial charge in [0.15, 0.2) is 6.10 Å². The molecule has 0 saturated heterocycles. The van der Waals surface area contributed by atoms with Crippen molar-refractivity contribution in [2.24, 2.45) is 0 Å². The Morgan fingerprint density at radius 2 is 1.23 bits per heavy atom. The topological polar surface area (TPSA) is 131 Å². The molecule has 0 saturated carbocycles. The van der Waals surface area contributed by atoms with Crippen LogP contribution in [-0.4, -0.2) is 81.2 Å². The molecule has 0 radical (unpaired) electrons. The number of ether oxygens (including phenoxy) is 2. The van der Waals surface area contributed by atoms with Gasteiger partial charge in [0, 0.05) is 12.8 Å². The molecule has 3 unspecified atom stereocenters. The molecular weight excluding hydrogens is 741 g/mol. The molecule has 0 spiro atoms. The van der Waals surface area contributed by atoms with Gasteiger partial charge in [-0.05, 0) is 44.9 Å². The van der Waals surface area contributed by atoms with Crippen LogP contribution < -0.4 is 4.89 Å². The third kappa shape index (κ3) is 41.4. The predicted octanol–water partition coefficient (Wildman–Crippen LogP) is 10.6. The molecule has 0 aliphatic rings. The number of phosphoric acid groups is 1. The molecule has 0 bridgehead atoms. The van der Waals surface area contributed by atoms with Crippen LogP contribution in [0.3, 0.4) is 0 Å². The summed E-state index contributed by atoms with van der Waals surface area (Å²) in [6, 6.07) is 0. The lowest BCUT2D eigenvalue weighted by Crippen LogP contribution is -2.37. The molecule has 3 atom stereocenters. The first-order valence-electron chi connectivity index (χ1n) is 21.8. The molecule has 0 amide bonds. The number of likely N-dealkylation sites (N-methyl/N-ethyl adjacent to an activating group) is 1. The number of aliphatic hydroxyl groups excluding tert-OH is 1. The van der Waals surface area contributed by atoms with Gasteiger partial charge in [-0.3, -0.25) is 14.2 Å². The number of unbranched alkanes of at least 4 members (excludes halogenated alkanes) is 12. The SMILES string of the molecule is CC/C=C\CC(O)/C=C\C=C/C/C=C\C/C=C\C/C=C\CCC(=O)OC(COC(=O)CCCCCCCCCCCCCCC)COP(=O)([O-])OCC[N+](C)(C)C. The van der Waals surface area contributed by atoms with Gasteiger partial charge in [-0.15, -0.1) is 0 Å². The molecule has 0 fully saturated rings. The zero-order chi connectivity index (χ0) is 42.3. The summed E-state index contributed by atoms with van der Waals surface area (Å²) in [4.78, 5) is 37.5. The van der Waals surface area contributed by atoms with Gasteiger partial charge in [-0.25, -0.2) is 0 Å². The van der Waals surface area contributed by atoms with Crippen LogP contribution in [0.1, 0.15) is 149 Å². The standard InChI is InChI=1S/C46H80NO9P/c1-6-8-10-11-12-13-14-16-20-23-26-29-33-37-45(49)53-41-44(42-55-57(51,52)54-40-39-47(3,4)5)56-46(50)38-34-30-27-24-21-18-15-17-19-22-25-28-32-36-43(48)35-31-9-7-2/h9,17-19,21,25,27-28,30-32,36,43-44,48H,6-8,10-16,20,22-24,26,29,33-35,37-42H2,1-5H3/b19-17-,21-18-,28-25-,30-27-,31-9-,36-32-. The molecular formula is C46H80NO9P. The number of nitrogens with zero attached hydrogens (tertiary/aromatic N) is 1. The first-order valence-corrected chi connectivity index (χ1v) is 23.2. The quantitative estimate of drug-likeness (QED) is 0.0161. The second kappa shape index (κ2) is 37.7. The van der Waals surface area contributed by atoms with Crippen molar-refractivity contribution >= 4 is 19.8 Å². The fourth-order valence-corrected chi connectivity index (χ4v) is 6.14. The van der Waals surface area contributed by atoms with Crippen LogP contribution in [0.5, 0.6) is 0 Å². The summed E-state index contributed by atoms with van der Waals surface area (Å²) in [7, 11) is 1.09. The van der Waals surface area contributed by atoms with Crippen molar-refractivity contribution in [1.82, 2.24) is 0 Å². The Hall–Kier alpha value is -2.59. The van der Waals surface area contributed by atoms with Gasteiger partial charge in [0.1, 0.15) is 19.8 Å². The van der Waals surface area contributed by atoms with Gasteiger partial charge in [0.2, 0.25) is 0 Å². The Kier molecular flexibility index (Phi) is 36.0. The van der Waals surface area contributed by atoms with Gasteiger partial charge in [-0.1, -0.05) is 164 Å². The number of hydrogen-bond acceptors (Lipinski definition) is 9. The lowest BCUT2D eigenvalue weighted by atomic mass is 10.0. The van der Waals surface area contributed by atoms with Gasteiger partial charge in [0.25, 0.3) is 7.82 Å². The smallest absolute Gasteiger partial charge is 0.306 e. The van der Waals surface area contributed by atoms with E-state index in [0.717, 1.165) is 38.5 Å². The van der Waals surface area contributed by atoms with Gasteiger partial charge >= 0.3 is 11.9 Å². The van der Waals surface area contributed by atoms with E-state index >= 15 is 0 Å². The van der Waals surface area contributed by atoms with Crippen LogP contribution in [0.25, 0.3) is 0 Å². The first kappa shape index (κ1) is 54.4. The average molecular weight is 822 g/mol. The fraction of sp³-hybridized carbons (Fsp3) is 0.696. The third-order valence-electron chi connectivity index (χ3n) is 8.83. The van der Waals surface area contributed by atoms with E-state index in [1.807, 2.05) is 63.7 Å². The molecule has 0 heterocycles. The van der Waals surface area contributed by atoms with E-state index in [-0.39, 0.29) is 26.1 Å². The molecule has 0 rings (SSSR count). The van der Waals surface area contributed by atoms with Gasteiger partial charge in [0.05, 0.1) is 33.9 Å². The van der Waals surface area contributed by atoms with Crippen LogP contribution in [-0.2, 0) is 32.7 Å². The zero-order valence-electron chi connectivity index (χ0n) is 36.4. The lowest BCUT2D eigenvalue weighted by molar-refractivity contribution is -0.870. The summed E-state index contributed by atoms with van der Waals surface area (Å²) in [6.45, 7) is 3.90. The second-order valence-corrected chi connectivity index (χ2v) is 16.9. The predicted molar refractivity (Wildman–Crippen MR) is 232 cm³/mol. The van der Waals surface area contributed by atoms with Crippen molar-refractivity contribution < 1.29 is 47.2 Å². The summed E-state index contributed by atoms with van der Waals surface area (Å²) in [6.07, 6.45) is 42.7. The average Bonchev–Trinajstić information content (AvgIpc) is 3.15. The molecule has 10 nitrogen and oxygen atoms in total.